The summed E-state index contributed by atoms with van der Waals surface area (Å²) in [6, 6.07) is 1.76. The Kier molecular flexibility index (Phi) is 1.29. The lowest BCUT2D eigenvalue weighted by molar-refractivity contribution is 0.314. The second-order valence-electron chi connectivity index (χ2n) is 4.36. The zero-order valence-electron chi connectivity index (χ0n) is 6.92. The minimum Gasteiger partial charge on any atom is -0.310 e. The standard InChI is InChI=1S/C9H16N2/c1-2-8(1)10-9-6-11-4-3-7(9)5-11/h7-10H,1-6H2/t7-,9-/m0/s1. The molecule has 2 heterocycles. The minimum atomic E-state index is 0.858. The first-order valence-corrected chi connectivity index (χ1v) is 4.90. The van der Waals surface area contributed by atoms with E-state index < -0.39 is 0 Å². The molecule has 2 heteroatoms. The number of rotatable bonds is 2. The molecule has 3 aliphatic rings. The van der Waals surface area contributed by atoms with Crippen LogP contribution in [-0.4, -0.2) is 36.6 Å². The average Bonchev–Trinajstić information content (AvgIpc) is 2.61. The second-order valence-corrected chi connectivity index (χ2v) is 4.36. The van der Waals surface area contributed by atoms with E-state index in [9.17, 15) is 0 Å². The molecule has 1 aliphatic carbocycles. The highest BCUT2D eigenvalue weighted by molar-refractivity contribution is 4.98. The summed E-state index contributed by atoms with van der Waals surface area (Å²) in [4.78, 5) is 2.60. The monoisotopic (exact) mass is 152 g/mol. The topological polar surface area (TPSA) is 15.3 Å². The largest absolute Gasteiger partial charge is 0.310 e. The molecule has 62 valence electrons. The first kappa shape index (κ1) is 6.44. The Balaban J connectivity index is 1.62. The van der Waals surface area contributed by atoms with E-state index in [1.807, 2.05) is 0 Å². The molecule has 0 amide bonds. The molecule has 11 heavy (non-hydrogen) atoms. The molecule has 2 bridgehead atoms. The van der Waals surface area contributed by atoms with Gasteiger partial charge in [0.05, 0.1) is 0 Å². The Hall–Kier alpha value is -0.0800. The molecule has 3 atom stereocenters. The van der Waals surface area contributed by atoms with Crippen LogP contribution in [0.25, 0.3) is 0 Å². The van der Waals surface area contributed by atoms with Gasteiger partial charge in [0.2, 0.25) is 0 Å². The third-order valence-electron chi connectivity index (χ3n) is 3.36. The zero-order valence-corrected chi connectivity index (χ0v) is 6.92. The highest BCUT2D eigenvalue weighted by Gasteiger charge is 2.39. The van der Waals surface area contributed by atoms with E-state index in [1.165, 1.54) is 38.9 Å². The van der Waals surface area contributed by atoms with Gasteiger partial charge in [-0.3, -0.25) is 0 Å². The van der Waals surface area contributed by atoms with E-state index >= 15 is 0 Å². The first-order chi connectivity index (χ1) is 5.42. The number of hydrogen-bond donors (Lipinski definition) is 1. The van der Waals surface area contributed by atoms with Gasteiger partial charge in [-0.2, -0.15) is 0 Å². The fourth-order valence-corrected chi connectivity index (χ4v) is 2.53. The summed E-state index contributed by atoms with van der Waals surface area (Å²) in [5, 5.41) is 3.74. The summed E-state index contributed by atoms with van der Waals surface area (Å²) in [6.07, 6.45) is 4.32. The molecule has 3 rings (SSSR count). The number of nitrogens with zero attached hydrogens (tertiary/aromatic N) is 1. The fourth-order valence-electron chi connectivity index (χ4n) is 2.53. The van der Waals surface area contributed by atoms with E-state index in [0.717, 1.165) is 18.0 Å². The van der Waals surface area contributed by atoms with E-state index in [0.29, 0.717) is 0 Å². The SMILES string of the molecule is C1CC1N[C@H]1CN2CC[C@H]1C2. The summed E-state index contributed by atoms with van der Waals surface area (Å²) in [5.74, 6) is 0.996. The maximum Gasteiger partial charge on any atom is 0.0238 e. The van der Waals surface area contributed by atoms with Gasteiger partial charge in [-0.15, -0.1) is 0 Å². The molecule has 0 radical (unpaired) electrons. The summed E-state index contributed by atoms with van der Waals surface area (Å²) >= 11 is 0. The Morgan fingerprint density at radius 3 is 2.55 bits per heavy atom. The van der Waals surface area contributed by atoms with Gasteiger partial charge in [0.15, 0.2) is 0 Å². The minimum absolute atomic E-state index is 0.858. The van der Waals surface area contributed by atoms with Crippen LogP contribution in [0.3, 0.4) is 0 Å². The molecule has 1 unspecified atom stereocenters. The van der Waals surface area contributed by atoms with Crippen molar-refractivity contribution in [2.24, 2.45) is 5.92 Å². The Bertz CT molecular complexity index is 165. The van der Waals surface area contributed by atoms with Crippen LogP contribution in [0.4, 0.5) is 0 Å². The van der Waals surface area contributed by atoms with Crippen LogP contribution >= 0.6 is 0 Å². The van der Waals surface area contributed by atoms with Crippen molar-refractivity contribution in [1.82, 2.24) is 10.2 Å². The van der Waals surface area contributed by atoms with E-state index in [4.69, 9.17) is 0 Å². The first-order valence-electron chi connectivity index (χ1n) is 4.90. The van der Waals surface area contributed by atoms with Gasteiger partial charge in [0.1, 0.15) is 0 Å². The molecular formula is C9H16N2. The van der Waals surface area contributed by atoms with E-state index in [-0.39, 0.29) is 0 Å². The Labute approximate surface area is 68.0 Å². The van der Waals surface area contributed by atoms with Crippen molar-refractivity contribution < 1.29 is 0 Å². The molecule has 2 nitrogen and oxygen atoms in total. The molecule has 1 saturated carbocycles. The Morgan fingerprint density at radius 1 is 1.09 bits per heavy atom. The van der Waals surface area contributed by atoms with Crippen LogP contribution in [0, 0.1) is 5.92 Å². The number of fused-ring (bicyclic) bond motifs is 2. The maximum absolute atomic E-state index is 3.74. The maximum atomic E-state index is 3.74. The summed E-state index contributed by atoms with van der Waals surface area (Å²) in [5.41, 5.74) is 0. The quantitative estimate of drug-likeness (QED) is 0.618. The van der Waals surface area contributed by atoms with Crippen LogP contribution in [0.5, 0.6) is 0 Å². The highest BCUT2D eigenvalue weighted by Crippen LogP contribution is 2.30. The van der Waals surface area contributed by atoms with Gasteiger partial charge in [0, 0.05) is 25.2 Å². The predicted octanol–water partition coefficient (Wildman–Crippen LogP) is 0.442. The van der Waals surface area contributed by atoms with Crippen molar-refractivity contribution in [2.45, 2.75) is 31.3 Å². The number of nitrogens with one attached hydrogen (secondary N) is 1. The van der Waals surface area contributed by atoms with Crippen LogP contribution in [0.15, 0.2) is 0 Å². The Morgan fingerprint density at radius 2 is 2.00 bits per heavy atom. The van der Waals surface area contributed by atoms with Crippen molar-refractivity contribution in [3.8, 4) is 0 Å². The lowest BCUT2D eigenvalue weighted by atomic mass is 10.0. The third-order valence-corrected chi connectivity index (χ3v) is 3.36. The van der Waals surface area contributed by atoms with Gasteiger partial charge in [0.25, 0.3) is 0 Å². The normalized spacial score (nSPS) is 48.5. The smallest absolute Gasteiger partial charge is 0.0238 e. The van der Waals surface area contributed by atoms with Gasteiger partial charge in [-0.1, -0.05) is 0 Å². The lowest BCUT2D eigenvalue weighted by Gasteiger charge is -2.22. The fraction of sp³-hybridized carbons (Fsp3) is 1.00. The van der Waals surface area contributed by atoms with Crippen molar-refractivity contribution in [3.63, 3.8) is 0 Å². The number of hydrogen-bond acceptors (Lipinski definition) is 2. The van der Waals surface area contributed by atoms with Crippen molar-refractivity contribution in [1.29, 1.82) is 0 Å². The molecule has 2 aliphatic heterocycles. The molecule has 0 aromatic rings. The summed E-state index contributed by atoms with van der Waals surface area (Å²) in [6.45, 7) is 4.08. The van der Waals surface area contributed by atoms with Crippen molar-refractivity contribution in [3.05, 3.63) is 0 Å². The van der Waals surface area contributed by atoms with Crippen molar-refractivity contribution >= 4 is 0 Å². The van der Waals surface area contributed by atoms with Crippen LogP contribution < -0.4 is 5.32 Å². The summed E-state index contributed by atoms with van der Waals surface area (Å²) in [7, 11) is 0. The molecule has 0 aromatic heterocycles. The van der Waals surface area contributed by atoms with E-state index in [1.54, 1.807) is 0 Å². The van der Waals surface area contributed by atoms with Crippen molar-refractivity contribution in [2.75, 3.05) is 19.6 Å². The molecular weight excluding hydrogens is 136 g/mol. The molecule has 2 saturated heterocycles. The molecule has 3 fully saturated rings. The second kappa shape index (κ2) is 2.20. The predicted molar refractivity (Wildman–Crippen MR) is 44.5 cm³/mol. The average molecular weight is 152 g/mol. The molecule has 1 N–H and O–H groups in total. The van der Waals surface area contributed by atoms with Gasteiger partial charge in [-0.05, 0) is 31.7 Å². The molecule has 0 spiro atoms. The zero-order chi connectivity index (χ0) is 7.26. The van der Waals surface area contributed by atoms with Crippen LogP contribution in [0.1, 0.15) is 19.3 Å². The van der Waals surface area contributed by atoms with E-state index in [2.05, 4.69) is 10.2 Å². The summed E-state index contributed by atoms with van der Waals surface area (Å²) < 4.78 is 0. The lowest BCUT2D eigenvalue weighted by Crippen LogP contribution is -2.40. The molecule has 0 aromatic carbocycles. The van der Waals surface area contributed by atoms with Gasteiger partial charge < -0.3 is 10.2 Å². The van der Waals surface area contributed by atoms with Gasteiger partial charge in [-0.25, -0.2) is 0 Å². The van der Waals surface area contributed by atoms with Crippen LogP contribution in [0.2, 0.25) is 0 Å². The van der Waals surface area contributed by atoms with Crippen LogP contribution in [-0.2, 0) is 0 Å². The number of piperidine rings is 1. The highest BCUT2D eigenvalue weighted by atomic mass is 15.2. The third kappa shape index (κ3) is 1.09. The van der Waals surface area contributed by atoms with Gasteiger partial charge >= 0.3 is 0 Å².